The fraction of sp³-hybridized carbons (Fsp3) is 0.944. The average Bonchev–Trinajstić information content (AvgIpc) is 3.01. The number of halogens is 4. The first-order valence-electron chi connectivity index (χ1n) is 9.85. The number of nitrogens with zero attached hydrogens (tertiary/aromatic N) is 3. The summed E-state index contributed by atoms with van der Waals surface area (Å²) in [5.41, 5.74) is 0. The van der Waals surface area contributed by atoms with E-state index in [2.05, 4.69) is 27.4 Å². The number of nitrogens with one attached hydrogen (secondary N) is 2. The highest BCUT2D eigenvalue weighted by molar-refractivity contribution is 14.0. The van der Waals surface area contributed by atoms with Crippen molar-refractivity contribution in [2.45, 2.75) is 51.2 Å². The zero-order chi connectivity index (χ0) is 19.0. The molecule has 0 radical (unpaired) electrons. The Kier molecular flexibility index (Phi) is 11.3. The molecule has 0 aromatic heterocycles. The molecule has 2 fully saturated rings. The van der Waals surface area contributed by atoms with Gasteiger partial charge >= 0.3 is 6.18 Å². The van der Waals surface area contributed by atoms with Crippen LogP contribution in [-0.2, 0) is 0 Å². The van der Waals surface area contributed by atoms with Crippen molar-refractivity contribution in [1.29, 1.82) is 0 Å². The van der Waals surface area contributed by atoms with Crippen molar-refractivity contribution < 1.29 is 13.2 Å². The SMILES string of the molecule is CN=C(NCCCN1CCCCC1C)NCC1CCN(CC(F)(F)F)C1.I. The number of piperidine rings is 1. The van der Waals surface area contributed by atoms with Gasteiger partial charge in [0.25, 0.3) is 0 Å². The molecular weight excluding hydrogens is 470 g/mol. The highest BCUT2D eigenvalue weighted by Gasteiger charge is 2.34. The Morgan fingerprint density at radius 1 is 1.15 bits per heavy atom. The van der Waals surface area contributed by atoms with Gasteiger partial charge < -0.3 is 15.5 Å². The summed E-state index contributed by atoms with van der Waals surface area (Å²) in [5.74, 6) is 0.982. The molecule has 2 aliphatic heterocycles. The number of hydrogen-bond donors (Lipinski definition) is 2. The summed E-state index contributed by atoms with van der Waals surface area (Å²) in [4.78, 5) is 8.25. The number of guanidine groups is 1. The Labute approximate surface area is 178 Å². The van der Waals surface area contributed by atoms with Crippen LogP contribution >= 0.6 is 24.0 Å². The molecule has 0 spiro atoms. The lowest BCUT2D eigenvalue weighted by Crippen LogP contribution is -2.42. The zero-order valence-corrected chi connectivity index (χ0v) is 18.9. The van der Waals surface area contributed by atoms with Gasteiger partial charge in [0.05, 0.1) is 6.54 Å². The third-order valence-corrected chi connectivity index (χ3v) is 5.41. The van der Waals surface area contributed by atoms with Crippen LogP contribution in [0.3, 0.4) is 0 Å². The standard InChI is InChI=1S/C18H34F3N5.HI/c1-15-6-3-4-9-26(15)10-5-8-23-17(22-2)24-12-16-7-11-25(13-16)14-18(19,20)21;/h15-16H,3-14H2,1-2H3,(H2,22,23,24);1H. The fourth-order valence-corrected chi connectivity index (χ4v) is 3.92. The van der Waals surface area contributed by atoms with E-state index in [0.717, 1.165) is 31.9 Å². The van der Waals surface area contributed by atoms with E-state index in [0.29, 0.717) is 25.7 Å². The maximum absolute atomic E-state index is 12.4. The molecule has 9 heteroatoms. The Morgan fingerprint density at radius 3 is 2.59 bits per heavy atom. The maximum Gasteiger partial charge on any atom is 0.401 e. The van der Waals surface area contributed by atoms with Crippen LogP contribution in [0.2, 0.25) is 0 Å². The number of rotatable bonds is 7. The Balaban J connectivity index is 0.00000364. The van der Waals surface area contributed by atoms with Crippen molar-refractivity contribution in [3.63, 3.8) is 0 Å². The topological polar surface area (TPSA) is 42.9 Å². The van der Waals surface area contributed by atoms with E-state index in [-0.39, 0.29) is 29.9 Å². The molecule has 27 heavy (non-hydrogen) atoms. The minimum atomic E-state index is -4.11. The normalized spacial score (nSPS) is 25.3. The fourth-order valence-electron chi connectivity index (χ4n) is 3.92. The van der Waals surface area contributed by atoms with Gasteiger partial charge in [0, 0.05) is 39.3 Å². The molecule has 2 atom stereocenters. The third kappa shape index (κ3) is 9.65. The summed E-state index contributed by atoms with van der Waals surface area (Å²) in [6, 6.07) is 0.684. The summed E-state index contributed by atoms with van der Waals surface area (Å²) in [6.45, 7) is 6.33. The molecule has 0 aromatic rings. The van der Waals surface area contributed by atoms with Gasteiger partial charge in [0.1, 0.15) is 0 Å². The molecule has 160 valence electrons. The van der Waals surface area contributed by atoms with Crippen LogP contribution in [0.25, 0.3) is 0 Å². The van der Waals surface area contributed by atoms with Gasteiger partial charge in [-0.2, -0.15) is 13.2 Å². The van der Waals surface area contributed by atoms with Gasteiger partial charge in [0.15, 0.2) is 5.96 Å². The minimum Gasteiger partial charge on any atom is -0.356 e. The van der Waals surface area contributed by atoms with Crippen LogP contribution in [-0.4, -0.2) is 80.8 Å². The van der Waals surface area contributed by atoms with Crippen molar-refractivity contribution >= 4 is 29.9 Å². The smallest absolute Gasteiger partial charge is 0.356 e. The van der Waals surface area contributed by atoms with Crippen LogP contribution in [0.15, 0.2) is 4.99 Å². The molecule has 0 aliphatic carbocycles. The lowest BCUT2D eigenvalue weighted by Gasteiger charge is -2.33. The van der Waals surface area contributed by atoms with Gasteiger partial charge in [-0.1, -0.05) is 6.42 Å². The van der Waals surface area contributed by atoms with Crippen molar-refractivity contribution in [2.75, 3.05) is 52.9 Å². The van der Waals surface area contributed by atoms with Gasteiger partial charge in [-0.15, -0.1) is 24.0 Å². The van der Waals surface area contributed by atoms with Crippen molar-refractivity contribution in [1.82, 2.24) is 20.4 Å². The summed E-state index contributed by atoms with van der Waals surface area (Å²) >= 11 is 0. The molecule has 2 saturated heterocycles. The predicted octanol–water partition coefficient (Wildman–Crippen LogP) is 2.92. The first kappa shape index (κ1) is 24.7. The number of aliphatic imine (C=N–C) groups is 1. The molecule has 2 unspecified atom stereocenters. The molecule has 0 amide bonds. The number of likely N-dealkylation sites (tertiary alicyclic amines) is 2. The van der Waals surface area contributed by atoms with Crippen molar-refractivity contribution in [3.8, 4) is 0 Å². The molecule has 0 aromatic carbocycles. The van der Waals surface area contributed by atoms with Crippen molar-refractivity contribution in [3.05, 3.63) is 0 Å². The van der Waals surface area contributed by atoms with E-state index in [4.69, 9.17) is 0 Å². The highest BCUT2D eigenvalue weighted by atomic mass is 127. The second-order valence-electron chi connectivity index (χ2n) is 7.62. The first-order valence-corrected chi connectivity index (χ1v) is 9.85. The minimum absolute atomic E-state index is 0. The van der Waals surface area contributed by atoms with Gasteiger partial charge in [-0.05, 0) is 51.6 Å². The summed E-state index contributed by atoms with van der Waals surface area (Å²) < 4.78 is 37.3. The number of hydrogen-bond acceptors (Lipinski definition) is 3. The van der Waals surface area contributed by atoms with Gasteiger partial charge in [-0.3, -0.25) is 9.89 Å². The zero-order valence-electron chi connectivity index (χ0n) is 16.5. The van der Waals surface area contributed by atoms with E-state index >= 15 is 0 Å². The van der Waals surface area contributed by atoms with E-state index in [1.807, 2.05) is 0 Å². The van der Waals surface area contributed by atoms with Crippen LogP contribution < -0.4 is 10.6 Å². The predicted molar refractivity (Wildman–Crippen MR) is 115 cm³/mol. The maximum atomic E-state index is 12.4. The quantitative estimate of drug-likeness (QED) is 0.242. The second-order valence-corrected chi connectivity index (χ2v) is 7.62. The van der Waals surface area contributed by atoms with E-state index in [9.17, 15) is 13.2 Å². The number of alkyl halides is 3. The molecular formula is C18H35F3IN5. The molecule has 0 bridgehead atoms. The average molecular weight is 505 g/mol. The third-order valence-electron chi connectivity index (χ3n) is 5.41. The lowest BCUT2D eigenvalue weighted by molar-refractivity contribution is -0.143. The lowest BCUT2D eigenvalue weighted by atomic mass is 10.0. The van der Waals surface area contributed by atoms with Crippen LogP contribution in [0, 0.1) is 5.92 Å². The van der Waals surface area contributed by atoms with E-state index in [1.54, 1.807) is 7.05 Å². The van der Waals surface area contributed by atoms with Crippen LogP contribution in [0.1, 0.15) is 39.0 Å². The molecule has 2 heterocycles. The summed E-state index contributed by atoms with van der Waals surface area (Å²) in [5, 5.41) is 6.58. The molecule has 5 nitrogen and oxygen atoms in total. The largest absolute Gasteiger partial charge is 0.401 e. The van der Waals surface area contributed by atoms with Crippen molar-refractivity contribution in [2.24, 2.45) is 10.9 Å². The van der Waals surface area contributed by atoms with E-state index in [1.165, 1.54) is 30.7 Å². The first-order chi connectivity index (χ1) is 12.4. The van der Waals surface area contributed by atoms with Gasteiger partial charge in [0.2, 0.25) is 0 Å². The van der Waals surface area contributed by atoms with Crippen LogP contribution in [0.5, 0.6) is 0 Å². The Hall–Kier alpha value is -0.290. The molecule has 0 saturated carbocycles. The van der Waals surface area contributed by atoms with Crippen LogP contribution in [0.4, 0.5) is 13.2 Å². The summed E-state index contributed by atoms with van der Waals surface area (Å²) in [6.07, 6.45) is 1.69. The summed E-state index contributed by atoms with van der Waals surface area (Å²) in [7, 11) is 1.73. The molecule has 2 aliphatic rings. The second kappa shape index (κ2) is 12.3. The monoisotopic (exact) mass is 505 g/mol. The van der Waals surface area contributed by atoms with E-state index < -0.39 is 12.7 Å². The molecule has 2 N–H and O–H groups in total. The Bertz CT molecular complexity index is 447. The Morgan fingerprint density at radius 2 is 1.93 bits per heavy atom. The highest BCUT2D eigenvalue weighted by Crippen LogP contribution is 2.22. The molecule has 2 rings (SSSR count). The van der Waals surface area contributed by atoms with Gasteiger partial charge in [-0.25, -0.2) is 0 Å².